The van der Waals surface area contributed by atoms with Crippen LogP contribution in [0.5, 0.6) is 0 Å². The van der Waals surface area contributed by atoms with Gasteiger partial charge in [0.1, 0.15) is 6.10 Å². The number of Topliss-reactive ketones (excluding diaryl/α,β-unsaturated/α-hetero) is 1. The Bertz CT molecular complexity index is 228. The zero-order chi connectivity index (χ0) is 11.6. The molecule has 3 heteroatoms. The Labute approximate surface area is 92.3 Å². The van der Waals surface area contributed by atoms with Crippen molar-refractivity contribution in [1.82, 2.24) is 5.32 Å². The van der Waals surface area contributed by atoms with Crippen molar-refractivity contribution in [3.63, 3.8) is 0 Å². The van der Waals surface area contributed by atoms with Gasteiger partial charge in [0.05, 0.1) is 0 Å². The summed E-state index contributed by atoms with van der Waals surface area (Å²) in [5.41, 5.74) is -0.0595. The molecule has 2 N–H and O–H groups in total. The highest BCUT2D eigenvalue weighted by Crippen LogP contribution is 2.34. The first kappa shape index (κ1) is 12.7. The van der Waals surface area contributed by atoms with E-state index in [9.17, 15) is 9.90 Å². The summed E-state index contributed by atoms with van der Waals surface area (Å²) in [5.74, 6) is 0.566. The molecule has 1 aliphatic rings. The van der Waals surface area contributed by atoms with E-state index < -0.39 is 6.10 Å². The molecule has 0 spiro atoms. The molecule has 1 saturated carbocycles. The Balaban J connectivity index is 2.54. The third-order valence-electron chi connectivity index (χ3n) is 2.70. The lowest BCUT2D eigenvalue weighted by Gasteiger charge is -2.31. The molecule has 0 aromatic heterocycles. The van der Waals surface area contributed by atoms with Gasteiger partial charge in [-0.05, 0) is 40.0 Å². The highest BCUT2D eigenvalue weighted by molar-refractivity contribution is 5.80. The molecule has 0 aromatic carbocycles. The van der Waals surface area contributed by atoms with E-state index in [0.717, 1.165) is 6.42 Å². The highest BCUT2D eigenvalue weighted by atomic mass is 16.3. The Hall–Kier alpha value is -0.410. The molecule has 1 rings (SSSR count). The lowest BCUT2D eigenvalue weighted by atomic mass is 9.97. The normalized spacial score (nSPS) is 21.1. The van der Waals surface area contributed by atoms with Crippen molar-refractivity contribution in [2.75, 3.05) is 0 Å². The monoisotopic (exact) mass is 213 g/mol. The SMILES string of the molecule is CC(=O)C(O)C(CC1CC1)NC(C)(C)C. The molecule has 0 saturated heterocycles. The highest BCUT2D eigenvalue weighted by Gasteiger charge is 2.32. The molecule has 2 unspecified atom stereocenters. The van der Waals surface area contributed by atoms with E-state index in [-0.39, 0.29) is 17.4 Å². The first-order valence-electron chi connectivity index (χ1n) is 5.76. The topological polar surface area (TPSA) is 49.3 Å². The van der Waals surface area contributed by atoms with Gasteiger partial charge in [-0.2, -0.15) is 0 Å². The molecule has 15 heavy (non-hydrogen) atoms. The van der Waals surface area contributed by atoms with Crippen molar-refractivity contribution in [3.05, 3.63) is 0 Å². The van der Waals surface area contributed by atoms with Gasteiger partial charge < -0.3 is 10.4 Å². The summed E-state index contributed by atoms with van der Waals surface area (Å²) in [7, 11) is 0. The van der Waals surface area contributed by atoms with Crippen molar-refractivity contribution in [1.29, 1.82) is 0 Å². The fourth-order valence-electron chi connectivity index (χ4n) is 1.82. The molecule has 3 nitrogen and oxygen atoms in total. The second-order valence-electron chi connectivity index (χ2n) is 5.74. The van der Waals surface area contributed by atoms with Gasteiger partial charge in [0.15, 0.2) is 5.78 Å². The van der Waals surface area contributed by atoms with Crippen molar-refractivity contribution >= 4 is 5.78 Å². The van der Waals surface area contributed by atoms with Crippen LogP contribution in [0.4, 0.5) is 0 Å². The largest absolute Gasteiger partial charge is 0.384 e. The molecular formula is C12H23NO2. The van der Waals surface area contributed by atoms with Gasteiger partial charge in [-0.3, -0.25) is 4.79 Å². The van der Waals surface area contributed by atoms with Crippen LogP contribution >= 0.6 is 0 Å². The van der Waals surface area contributed by atoms with Crippen molar-refractivity contribution < 1.29 is 9.90 Å². The third kappa shape index (κ3) is 4.76. The van der Waals surface area contributed by atoms with Crippen LogP contribution < -0.4 is 5.32 Å². The number of aliphatic hydroxyl groups excluding tert-OH is 1. The van der Waals surface area contributed by atoms with Gasteiger partial charge in [-0.15, -0.1) is 0 Å². The first-order chi connectivity index (χ1) is 6.79. The van der Waals surface area contributed by atoms with Crippen molar-refractivity contribution in [2.24, 2.45) is 5.92 Å². The zero-order valence-corrected chi connectivity index (χ0v) is 10.2. The summed E-state index contributed by atoms with van der Waals surface area (Å²) in [6, 6.07) is -0.0880. The Kier molecular flexibility index (Phi) is 3.90. The van der Waals surface area contributed by atoms with Gasteiger partial charge in [0.25, 0.3) is 0 Å². The smallest absolute Gasteiger partial charge is 0.159 e. The molecule has 0 aliphatic heterocycles. The van der Waals surface area contributed by atoms with E-state index in [1.54, 1.807) is 0 Å². The first-order valence-corrected chi connectivity index (χ1v) is 5.76. The predicted molar refractivity (Wildman–Crippen MR) is 60.7 cm³/mol. The molecule has 0 bridgehead atoms. The minimum atomic E-state index is -0.857. The number of aliphatic hydroxyl groups is 1. The van der Waals surface area contributed by atoms with Crippen LogP contribution in [0.2, 0.25) is 0 Å². The van der Waals surface area contributed by atoms with Crippen LogP contribution in [0.15, 0.2) is 0 Å². The summed E-state index contributed by atoms with van der Waals surface area (Å²) in [4.78, 5) is 11.2. The fourth-order valence-corrected chi connectivity index (χ4v) is 1.82. The number of nitrogens with one attached hydrogen (secondary N) is 1. The minimum absolute atomic E-state index is 0.0595. The zero-order valence-electron chi connectivity index (χ0n) is 10.2. The second kappa shape index (κ2) is 4.62. The van der Waals surface area contributed by atoms with E-state index in [4.69, 9.17) is 0 Å². The van der Waals surface area contributed by atoms with Gasteiger partial charge in [0, 0.05) is 11.6 Å². The van der Waals surface area contributed by atoms with E-state index in [2.05, 4.69) is 26.1 Å². The standard InChI is InChI=1S/C12H23NO2/c1-8(14)11(15)10(7-9-5-6-9)13-12(2,3)4/h9-11,13,15H,5-7H2,1-4H3. The molecule has 1 aliphatic carbocycles. The number of rotatable bonds is 5. The average molecular weight is 213 g/mol. The number of carbonyl (C=O) groups is 1. The maximum atomic E-state index is 11.2. The maximum absolute atomic E-state index is 11.2. The summed E-state index contributed by atoms with van der Waals surface area (Å²) in [6.07, 6.45) is 2.54. The number of ketones is 1. The Morgan fingerprint density at radius 2 is 2.00 bits per heavy atom. The molecule has 88 valence electrons. The van der Waals surface area contributed by atoms with Crippen LogP contribution in [0, 0.1) is 5.92 Å². The van der Waals surface area contributed by atoms with Crippen LogP contribution in [-0.2, 0) is 4.79 Å². The Morgan fingerprint density at radius 3 is 2.33 bits per heavy atom. The number of carbonyl (C=O) groups excluding carboxylic acids is 1. The molecule has 0 amide bonds. The maximum Gasteiger partial charge on any atom is 0.159 e. The molecule has 1 fully saturated rings. The van der Waals surface area contributed by atoms with Crippen LogP contribution in [-0.4, -0.2) is 28.6 Å². The molecule has 0 heterocycles. The predicted octanol–water partition coefficient (Wildman–Crippen LogP) is 1.49. The lowest BCUT2D eigenvalue weighted by Crippen LogP contribution is -2.51. The van der Waals surface area contributed by atoms with Gasteiger partial charge in [-0.25, -0.2) is 0 Å². The third-order valence-corrected chi connectivity index (χ3v) is 2.70. The van der Waals surface area contributed by atoms with Crippen molar-refractivity contribution in [2.45, 2.75) is 64.6 Å². The van der Waals surface area contributed by atoms with Gasteiger partial charge in [-0.1, -0.05) is 12.8 Å². The van der Waals surface area contributed by atoms with E-state index in [1.165, 1.54) is 19.8 Å². The van der Waals surface area contributed by atoms with Crippen molar-refractivity contribution in [3.8, 4) is 0 Å². The molecule has 2 atom stereocenters. The van der Waals surface area contributed by atoms with Gasteiger partial charge >= 0.3 is 0 Å². The summed E-state index contributed by atoms with van der Waals surface area (Å²) < 4.78 is 0. The van der Waals surface area contributed by atoms with E-state index in [1.807, 2.05) is 0 Å². The lowest BCUT2D eigenvalue weighted by molar-refractivity contribution is -0.126. The Morgan fingerprint density at radius 1 is 1.47 bits per heavy atom. The molecule has 0 aromatic rings. The van der Waals surface area contributed by atoms with Crippen LogP contribution in [0.1, 0.15) is 47.0 Å². The van der Waals surface area contributed by atoms with E-state index in [0.29, 0.717) is 5.92 Å². The number of hydrogen-bond acceptors (Lipinski definition) is 3. The van der Waals surface area contributed by atoms with Gasteiger partial charge in [0.2, 0.25) is 0 Å². The second-order valence-corrected chi connectivity index (χ2v) is 5.74. The molecular weight excluding hydrogens is 190 g/mol. The fraction of sp³-hybridized carbons (Fsp3) is 0.917. The summed E-state index contributed by atoms with van der Waals surface area (Å²) in [6.45, 7) is 7.62. The minimum Gasteiger partial charge on any atom is -0.384 e. The summed E-state index contributed by atoms with van der Waals surface area (Å²) >= 11 is 0. The van der Waals surface area contributed by atoms with Crippen LogP contribution in [0.3, 0.4) is 0 Å². The van der Waals surface area contributed by atoms with E-state index >= 15 is 0 Å². The average Bonchev–Trinajstić information content (AvgIpc) is 2.83. The molecule has 0 radical (unpaired) electrons. The number of hydrogen-bond donors (Lipinski definition) is 2. The quantitative estimate of drug-likeness (QED) is 0.727. The van der Waals surface area contributed by atoms with Crippen LogP contribution in [0.25, 0.3) is 0 Å². The summed E-state index contributed by atoms with van der Waals surface area (Å²) in [5, 5.41) is 13.2.